The smallest absolute Gasteiger partial charge is 0.255 e. The van der Waals surface area contributed by atoms with Crippen LogP contribution in [0.3, 0.4) is 0 Å². The van der Waals surface area contributed by atoms with E-state index in [1.54, 1.807) is 22.8 Å². The van der Waals surface area contributed by atoms with Crippen LogP contribution < -0.4 is 0 Å². The van der Waals surface area contributed by atoms with Crippen LogP contribution >= 0.6 is 0 Å². The molecule has 0 fully saturated rings. The average molecular weight is 232 g/mol. The molecule has 5 nitrogen and oxygen atoms in total. The first-order valence-electron chi connectivity index (χ1n) is 5.59. The second-order valence-electron chi connectivity index (χ2n) is 4.12. The third-order valence-electron chi connectivity index (χ3n) is 2.93. The van der Waals surface area contributed by atoms with Crippen LogP contribution in [0, 0.1) is 6.92 Å². The lowest BCUT2D eigenvalue weighted by atomic mass is 10.2. The van der Waals surface area contributed by atoms with Crippen LogP contribution in [0.5, 0.6) is 0 Å². The van der Waals surface area contributed by atoms with Gasteiger partial charge < -0.3 is 4.90 Å². The monoisotopic (exact) mass is 232 g/mol. The van der Waals surface area contributed by atoms with Gasteiger partial charge in [-0.25, -0.2) is 4.98 Å². The van der Waals surface area contributed by atoms with E-state index in [1.165, 1.54) is 0 Å². The molecule has 2 aromatic rings. The number of aromatic nitrogens is 3. The van der Waals surface area contributed by atoms with Gasteiger partial charge in [-0.15, -0.1) is 0 Å². The van der Waals surface area contributed by atoms with E-state index in [4.69, 9.17) is 0 Å². The normalized spacial score (nSPS) is 10.8. The van der Waals surface area contributed by atoms with Crippen LogP contribution in [0.1, 0.15) is 23.0 Å². The van der Waals surface area contributed by atoms with Crippen LogP contribution in [0.15, 0.2) is 12.3 Å². The van der Waals surface area contributed by atoms with Gasteiger partial charge in [0.2, 0.25) is 0 Å². The van der Waals surface area contributed by atoms with E-state index in [0.717, 1.165) is 16.7 Å². The van der Waals surface area contributed by atoms with Crippen LogP contribution in [0.25, 0.3) is 11.0 Å². The van der Waals surface area contributed by atoms with Gasteiger partial charge in [-0.3, -0.25) is 9.48 Å². The number of pyridine rings is 1. The number of rotatable bonds is 2. The summed E-state index contributed by atoms with van der Waals surface area (Å²) < 4.78 is 1.72. The molecule has 2 rings (SSSR count). The molecule has 0 bridgehead atoms. The summed E-state index contributed by atoms with van der Waals surface area (Å²) >= 11 is 0. The van der Waals surface area contributed by atoms with Gasteiger partial charge in [0.25, 0.3) is 5.91 Å². The van der Waals surface area contributed by atoms with Crippen molar-refractivity contribution in [1.82, 2.24) is 19.7 Å². The van der Waals surface area contributed by atoms with Crippen molar-refractivity contribution in [2.24, 2.45) is 7.05 Å². The van der Waals surface area contributed by atoms with Crippen molar-refractivity contribution in [3.8, 4) is 0 Å². The number of carbonyl (C=O) groups is 1. The highest BCUT2D eigenvalue weighted by Crippen LogP contribution is 2.17. The van der Waals surface area contributed by atoms with Crippen molar-refractivity contribution in [1.29, 1.82) is 0 Å². The summed E-state index contributed by atoms with van der Waals surface area (Å²) in [6, 6.07) is 1.86. The summed E-state index contributed by atoms with van der Waals surface area (Å²) in [7, 11) is 3.63. The predicted molar refractivity (Wildman–Crippen MR) is 65.9 cm³/mol. The highest BCUT2D eigenvalue weighted by atomic mass is 16.2. The van der Waals surface area contributed by atoms with E-state index in [9.17, 15) is 4.79 Å². The minimum absolute atomic E-state index is 0.00912. The van der Waals surface area contributed by atoms with E-state index in [0.29, 0.717) is 12.1 Å². The Morgan fingerprint density at radius 3 is 2.88 bits per heavy atom. The fourth-order valence-electron chi connectivity index (χ4n) is 1.79. The highest BCUT2D eigenvalue weighted by Gasteiger charge is 2.13. The van der Waals surface area contributed by atoms with Crippen molar-refractivity contribution < 1.29 is 4.79 Å². The molecular weight excluding hydrogens is 216 g/mol. The quantitative estimate of drug-likeness (QED) is 0.785. The van der Waals surface area contributed by atoms with E-state index in [2.05, 4.69) is 10.1 Å². The zero-order valence-electron chi connectivity index (χ0n) is 10.6. The van der Waals surface area contributed by atoms with Gasteiger partial charge >= 0.3 is 0 Å². The first-order chi connectivity index (χ1) is 8.04. The molecule has 2 aromatic heterocycles. The molecule has 2 heterocycles. The minimum Gasteiger partial charge on any atom is -0.342 e. The Morgan fingerprint density at radius 1 is 1.53 bits per heavy atom. The predicted octanol–water partition coefficient (Wildman–Crippen LogP) is 1.37. The summed E-state index contributed by atoms with van der Waals surface area (Å²) in [6.45, 7) is 4.55. The van der Waals surface area contributed by atoms with Gasteiger partial charge in [0, 0.05) is 32.2 Å². The van der Waals surface area contributed by atoms with Crippen molar-refractivity contribution >= 4 is 16.9 Å². The van der Waals surface area contributed by atoms with Crippen molar-refractivity contribution in [2.45, 2.75) is 13.8 Å². The molecule has 17 heavy (non-hydrogen) atoms. The van der Waals surface area contributed by atoms with E-state index in [1.807, 2.05) is 27.0 Å². The molecule has 0 saturated heterocycles. The highest BCUT2D eigenvalue weighted by molar-refractivity contribution is 5.97. The van der Waals surface area contributed by atoms with E-state index >= 15 is 0 Å². The molecule has 1 amide bonds. The molecule has 0 aliphatic heterocycles. The topological polar surface area (TPSA) is 51.0 Å². The Labute approximate surface area is 100 Å². The summed E-state index contributed by atoms with van der Waals surface area (Å²) in [5, 5.41) is 5.22. The number of aryl methyl sites for hydroxylation is 2. The van der Waals surface area contributed by atoms with E-state index < -0.39 is 0 Å². The maximum Gasteiger partial charge on any atom is 0.255 e. The third kappa shape index (κ3) is 1.88. The minimum atomic E-state index is -0.00912. The van der Waals surface area contributed by atoms with Gasteiger partial charge in [-0.1, -0.05) is 0 Å². The number of nitrogens with zero attached hydrogens (tertiary/aromatic N) is 4. The molecule has 0 spiro atoms. The number of carbonyl (C=O) groups excluding carboxylic acids is 1. The molecule has 90 valence electrons. The van der Waals surface area contributed by atoms with E-state index in [-0.39, 0.29) is 5.91 Å². The molecule has 5 heteroatoms. The third-order valence-corrected chi connectivity index (χ3v) is 2.93. The van der Waals surface area contributed by atoms with Gasteiger partial charge in [-0.2, -0.15) is 5.10 Å². The van der Waals surface area contributed by atoms with Crippen molar-refractivity contribution in [3.63, 3.8) is 0 Å². The first-order valence-corrected chi connectivity index (χ1v) is 5.59. The van der Waals surface area contributed by atoms with Gasteiger partial charge in [0.15, 0.2) is 5.65 Å². The Hall–Kier alpha value is -1.91. The molecule has 0 radical (unpaired) electrons. The number of hydrogen-bond acceptors (Lipinski definition) is 3. The van der Waals surface area contributed by atoms with Crippen molar-refractivity contribution in [3.05, 3.63) is 23.5 Å². The zero-order chi connectivity index (χ0) is 12.6. The second kappa shape index (κ2) is 4.16. The van der Waals surface area contributed by atoms with Crippen molar-refractivity contribution in [2.75, 3.05) is 13.6 Å². The number of fused-ring (bicyclic) bond motifs is 1. The molecule has 0 saturated carbocycles. The Kier molecular flexibility index (Phi) is 2.83. The van der Waals surface area contributed by atoms with Gasteiger partial charge in [0.1, 0.15) is 0 Å². The Balaban J connectivity index is 2.51. The average Bonchev–Trinajstić information content (AvgIpc) is 2.62. The lowest BCUT2D eigenvalue weighted by Gasteiger charge is -2.13. The SMILES string of the molecule is CCN(C)C(=O)c1cnc2c(c1)c(C)nn2C. The fraction of sp³-hybridized carbons (Fsp3) is 0.417. The second-order valence-corrected chi connectivity index (χ2v) is 4.12. The first kappa shape index (κ1) is 11.6. The molecule has 0 atom stereocenters. The summed E-state index contributed by atoms with van der Waals surface area (Å²) in [6.07, 6.45) is 1.61. The number of amides is 1. The van der Waals surface area contributed by atoms with Crippen LogP contribution in [0.2, 0.25) is 0 Å². The van der Waals surface area contributed by atoms with Gasteiger partial charge in [0.05, 0.1) is 11.3 Å². The lowest BCUT2D eigenvalue weighted by Crippen LogP contribution is -2.26. The fourth-order valence-corrected chi connectivity index (χ4v) is 1.79. The maximum atomic E-state index is 12.0. The molecule has 0 aromatic carbocycles. The zero-order valence-corrected chi connectivity index (χ0v) is 10.6. The summed E-state index contributed by atoms with van der Waals surface area (Å²) in [5.41, 5.74) is 2.31. The molecule has 0 unspecified atom stereocenters. The van der Waals surface area contributed by atoms with Gasteiger partial charge in [-0.05, 0) is 19.9 Å². The Morgan fingerprint density at radius 2 is 2.24 bits per heavy atom. The standard InChI is InChI=1S/C12H16N4O/c1-5-15(3)12(17)9-6-10-8(2)14-16(4)11(10)13-7-9/h6-7H,5H2,1-4H3. The van der Waals surface area contributed by atoms with Crippen LogP contribution in [-0.4, -0.2) is 39.2 Å². The molecule has 0 aliphatic rings. The summed E-state index contributed by atoms with van der Waals surface area (Å²) in [4.78, 5) is 17.9. The maximum absolute atomic E-state index is 12.0. The summed E-state index contributed by atoms with van der Waals surface area (Å²) in [5.74, 6) is -0.00912. The molecular formula is C12H16N4O. The molecule has 0 aliphatic carbocycles. The number of hydrogen-bond donors (Lipinski definition) is 0. The lowest BCUT2D eigenvalue weighted by molar-refractivity contribution is 0.0802. The largest absolute Gasteiger partial charge is 0.342 e. The van der Waals surface area contributed by atoms with Crippen LogP contribution in [-0.2, 0) is 7.05 Å². The van der Waals surface area contributed by atoms with Crippen LogP contribution in [0.4, 0.5) is 0 Å². The molecule has 0 N–H and O–H groups in total. The Bertz CT molecular complexity index is 573.